The van der Waals surface area contributed by atoms with Crippen LogP contribution in [0.2, 0.25) is 0 Å². The van der Waals surface area contributed by atoms with Crippen LogP contribution >= 0.6 is 0 Å². The number of fused-ring (bicyclic) bond motifs is 1. The maximum absolute atomic E-state index is 13.0. The van der Waals surface area contributed by atoms with E-state index in [1.165, 1.54) is 0 Å². The Morgan fingerprint density at radius 3 is 1.76 bits per heavy atom. The standard InChI is InChI=1S/C29H23N3O/c1-19-15-20(2)17-24(16-19)30-29(33)23-13-14-25-26(18-23)32-28(22-11-7-4-8-12-22)27(31-25)21-9-5-3-6-10-21/h3-18H,1-2H3,(H,30,33). The van der Waals surface area contributed by atoms with Gasteiger partial charge in [-0.3, -0.25) is 4.79 Å². The van der Waals surface area contributed by atoms with Crippen molar-refractivity contribution in [3.05, 3.63) is 114 Å². The molecule has 0 unspecified atom stereocenters. The number of anilines is 1. The molecule has 0 radical (unpaired) electrons. The molecule has 0 spiro atoms. The van der Waals surface area contributed by atoms with E-state index in [0.29, 0.717) is 11.1 Å². The number of hydrogen-bond donors (Lipinski definition) is 1. The van der Waals surface area contributed by atoms with Gasteiger partial charge in [-0.1, -0.05) is 66.7 Å². The zero-order chi connectivity index (χ0) is 22.8. The van der Waals surface area contributed by atoms with Gasteiger partial charge in [0.05, 0.1) is 22.4 Å². The van der Waals surface area contributed by atoms with Gasteiger partial charge in [0.15, 0.2) is 0 Å². The summed E-state index contributed by atoms with van der Waals surface area (Å²) in [6.07, 6.45) is 0. The number of rotatable bonds is 4. The monoisotopic (exact) mass is 429 g/mol. The normalized spacial score (nSPS) is 10.8. The highest BCUT2D eigenvalue weighted by Crippen LogP contribution is 2.31. The van der Waals surface area contributed by atoms with E-state index in [0.717, 1.165) is 44.8 Å². The van der Waals surface area contributed by atoms with E-state index in [2.05, 4.69) is 11.4 Å². The zero-order valence-electron chi connectivity index (χ0n) is 18.5. The summed E-state index contributed by atoms with van der Waals surface area (Å²) in [5, 5.41) is 3.00. The number of hydrogen-bond acceptors (Lipinski definition) is 3. The average Bonchev–Trinajstić information content (AvgIpc) is 2.83. The smallest absolute Gasteiger partial charge is 0.255 e. The van der Waals surface area contributed by atoms with Crippen LogP contribution in [-0.4, -0.2) is 15.9 Å². The topological polar surface area (TPSA) is 54.9 Å². The molecule has 4 heteroatoms. The Labute approximate surface area is 193 Å². The molecule has 1 aromatic heterocycles. The quantitative estimate of drug-likeness (QED) is 0.340. The fourth-order valence-electron chi connectivity index (χ4n) is 4.04. The number of nitrogens with one attached hydrogen (secondary N) is 1. The molecule has 5 rings (SSSR count). The van der Waals surface area contributed by atoms with Crippen molar-refractivity contribution in [1.82, 2.24) is 9.97 Å². The predicted molar refractivity (Wildman–Crippen MR) is 134 cm³/mol. The Morgan fingerprint density at radius 1 is 0.636 bits per heavy atom. The first-order valence-corrected chi connectivity index (χ1v) is 10.9. The van der Waals surface area contributed by atoms with Crippen molar-refractivity contribution in [2.45, 2.75) is 13.8 Å². The Hall–Kier alpha value is -4.31. The predicted octanol–water partition coefficient (Wildman–Crippen LogP) is 6.83. The molecule has 0 saturated carbocycles. The van der Waals surface area contributed by atoms with Crippen LogP contribution in [0.25, 0.3) is 33.5 Å². The first kappa shape index (κ1) is 20.6. The largest absolute Gasteiger partial charge is 0.322 e. The molecule has 5 aromatic rings. The van der Waals surface area contributed by atoms with Gasteiger partial charge in [0.1, 0.15) is 0 Å². The first-order valence-electron chi connectivity index (χ1n) is 10.9. The molecule has 0 aliphatic heterocycles. The molecule has 0 aliphatic carbocycles. The maximum Gasteiger partial charge on any atom is 0.255 e. The molecule has 33 heavy (non-hydrogen) atoms. The van der Waals surface area contributed by atoms with Gasteiger partial charge < -0.3 is 5.32 Å². The summed E-state index contributed by atoms with van der Waals surface area (Å²) < 4.78 is 0. The molecular weight excluding hydrogens is 406 g/mol. The number of nitrogens with zero attached hydrogens (tertiary/aromatic N) is 2. The van der Waals surface area contributed by atoms with E-state index in [9.17, 15) is 4.79 Å². The number of aromatic nitrogens is 2. The molecule has 1 N–H and O–H groups in total. The molecule has 1 amide bonds. The molecule has 0 saturated heterocycles. The number of benzene rings is 4. The lowest BCUT2D eigenvalue weighted by Gasteiger charge is -2.12. The third-order valence-electron chi connectivity index (χ3n) is 5.50. The maximum atomic E-state index is 13.0. The van der Waals surface area contributed by atoms with Gasteiger partial charge in [-0.05, 0) is 55.3 Å². The molecule has 0 bridgehead atoms. The average molecular weight is 430 g/mol. The van der Waals surface area contributed by atoms with Crippen molar-refractivity contribution < 1.29 is 4.79 Å². The SMILES string of the molecule is Cc1cc(C)cc(NC(=O)c2ccc3nc(-c4ccccc4)c(-c4ccccc4)nc3c2)c1. The lowest BCUT2D eigenvalue weighted by molar-refractivity contribution is 0.102. The Kier molecular flexibility index (Phi) is 5.41. The number of aryl methyl sites for hydroxylation is 2. The second-order valence-electron chi connectivity index (χ2n) is 8.19. The van der Waals surface area contributed by atoms with Gasteiger partial charge in [0.2, 0.25) is 0 Å². The van der Waals surface area contributed by atoms with Crippen LogP contribution in [0.5, 0.6) is 0 Å². The van der Waals surface area contributed by atoms with Crippen LogP contribution in [-0.2, 0) is 0 Å². The molecular formula is C29H23N3O. The van der Waals surface area contributed by atoms with E-state index in [4.69, 9.17) is 9.97 Å². The molecule has 4 aromatic carbocycles. The van der Waals surface area contributed by atoms with E-state index in [1.807, 2.05) is 98.8 Å². The minimum absolute atomic E-state index is 0.169. The highest BCUT2D eigenvalue weighted by Gasteiger charge is 2.15. The van der Waals surface area contributed by atoms with Gasteiger partial charge in [-0.15, -0.1) is 0 Å². The summed E-state index contributed by atoms with van der Waals surface area (Å²) in [6, 6.07) is 31.5. The minimum Gasteiger partial charge on any atom is -0.322 e. The van der Waals surface area contributed by atoms with Crippen LogP contribution < -0.4 is 5.32 Å². The summed E-state index contributed by atoms with van der Waals surface area (Å²) in [5.41, 5.74) is 8.57. The lowest BCUT2D eigenvalue weighted by Crippen LogP contribution is -2.12. The van der Waals surface area contributed by atoms with Gasteiger partial charge in [-0.2, -0.15) is 0 Å². The number of carbonyl (C=O) groups excluding carboxylic acids is 1. The van der Waals surface area contributed by atoms with E-state index >= 15 is 0 Å². The third-order valence-corrected chi connectivity index (χ3v) is 5.50. The molecule has 160 valence electrons. The summed E-state index contributed by atoms with van der Waals surface area (Å²) in [7, 11) is 0. The van der Waals surface area contributed by atoms with Gasteiger partial charge in [0, 0.05) is 22.4 Å². The molecule has 0 fully saturated rings. The van der Waals surface area contributed by atoms with Crippen LogP contribution in [0.1, 0.15) is 21.5 Å². The van der Waals surface area contributed by atoms with Crippen molar-refractivity contribution >= 4 is 22.6 Å². The zero-order valence-corrected chi connectivity index (χ0v) is 18.5. The Balaban J connectivity index is 1.58. The van der Waals surface area contributed by atoms with Crippen molar-refractivity contribution in [1.29, 1.82) is 0 Å². The molecule has 0 aliphatic rings. The second kappa shape index (κ2) is 8.67. The number of carbonyl (C=O) groups is 1. The van der Waals surface area contributed by atoms with Crippen LogP contribution in [0.15, 0.2) is 97.1 Å². The minimum atomic E-state index is -0.169. The summed E-state index contributed by atoms with van der Waals surface area (Å²) in [5.74, 6) is -0.169. The lowest BCUT2D eigenvalue weighted by atomic mass is 10.0. The van der Waals surface area contributed by atoms with Crippen molar-refractivity contribution in [2.24, 2.45) is 0 Å². The number of amides is 1. The summed E-state index contributed by atoms with van der Waals surface area (Å²) in [6.45, 7) is 4.04. The highest BCUT2D eigenvalue weighted by molar-refractivity contribution is 6.06. The van der Waals surface area contributed by atoms with Crippen molar-refractivity contribution in [2.75, 3.05) is 5.32 Å². The van der Waals surface area contributed by atoms with E-state index in [-0.39, 0.29) is 5.91 Å². The molecule has 1 heterocycles. The van der Waals surface area contributed by atoms with Crippen molar-refractivity contribution in [3.63, 3.8) is 0 Å². The highest BCUT2D eigenvalue weighted by atomic mass is 16.1. The summed E-state index contributed by atoms with van der Waals surface area (Å²) >= 11 is 0. The van der Waals surface area contributed by atoms with Gasteiger partial charge in [0.25, 0.3) is 5.91 Å². The van der Waals surface area contributed by atoms with Crippen molar-refractivity contribution in [3.8, 4) is 22.5 Å². The second-order valence-corrected chi connectivity index (χ2v) is 8.19. The van der Waals surface area contributed by atoms with E-state index < -0.39 is 0 Å². The molecule has 0 atom stereocenters. The van der Waals surface area contributed by atoms with E-state index in [1.54, 1.807) is 6.07 Å². The fraction of sp³-hybridized carbons (Fsp3) is 0.0690. The molecule has 4 nitrogen and oxygen atoms in total. The van der Waals surface area contributed by atoms with Crippen LogP contribution in [0.4, 0.5) is 5.69 Å². The Morgan fingerprint density at radius 2 is 1.18 bits per heavy atom. The first-order chi connectivity index (χ1) is 16.1. The van der Waals surface area contributed by atoms with Gasteiger partial charge in [-0.25, -0.2) is 9.97 Å². The fourth-order valence-corrected chi connectivity index (χ4v) is 4.04. The summed E-state index contributed by atoms with van der Waals surface area (Å²) in [4.78, 5) is 22.9. The van der Waals surface area contributed by atoms with Crippen LogP contribution in [0, 0.1) is 13.8 Å². The third kappa shape index (κ3) is 4.37. The van der Waals surface area contributed by atoms with Crippen LogP contribution in [0.3, 0.4) is 0 Å². The van der Waals surface area contributed by atoms with Gasteiger partial charge >= 0.3 is 0 Å². The Bertz CT molecular complexity index is 1440.